The van der Waals surface area contributed by atoms with Crippen molar-refractivity contribution in [3.05, 3.63) is 59.2 Å². The van der Waals surface area contributed by atoms with Crippen LogP contribution in [0.4, 0.5) is 0 Å². The molecule has 0 unspecified atom stereocenters. The van der Waals surface area contributed by atoms with Gasteiger partial charge in [0.1, 0.15) is 11.5 Å². The molecule has 0 heterocycles. The van der Waals surface area contributed by atoms with Gasteiger partial charge in [0.2, 0.25) is 0 Å². The molecule has 0 radical (unpaired) electrons. The summed E-state index contributed by atoms with van der Waals surface area (Å²) in [6, 6.07) is 12.9. The number of amides is 1. The molecule has 2 aromatic rings. The van der Waals surface area contributed by atoms with Gasteiger partial charge >= 0.3 is 0 Å². The first-order valence-electron chi connectivity index (χ1n) is 9.40. The molecular weight excluding hydrogens is 354 g/mol. The van der Waals surface area contributed by atoms with Crippen molar-refractivity contribution in [3.63, 3.8) is 0 Å². The summed E-state index contributed by atoms with van der Waals surface area (Å²) in [6.07, 6.45) is 0. The monoisotopic (exact) mass is 383 g/mol. The predicted molar refractivity (Wildman–Crippen MR) is 112 cm³/mol. The van der Waals surface area contributed by atoms with Crippen LogP contribution in [0.25, 0.3) is 0 Å². The Balaban J connectivity index is 2.15. The third-order valence-electron chi connectivity index (χ3n) is 4.66. The van der Waals surface area contributed by atoms with Crippen LogP contribution >= 0.6 is 0 Å². The summed E-state index contributed by atoms with van der Waals surface area (Å²) in [5, 5.41) is 4.26. The van der Waals surface area contributed by atoms with Crippen molar-refractivity contribution in [1.82, 2.24) is 10.3 Å². The summed E-state index contributed by atoms with van der Waals surface area (Å²) >= 11 is 0. The second-order valence-corrected chi connectivity index (χ2v) is 6.35. The number of hydrogen-bond donors (Lipinski definition) is 1. The first-order valence-corrected chi connectivity index (χ1v) is 9.40. The van der Waals surface area contributed by atoms with E-state index in [4.69, 9.17) is 9.47 Å². The molecule has 150 valence electrons. The van der Waals surface area contributed by atoms with E-state index in [-0.39, 0.29) is 5.91 Å². The molecule has 0 spiro atoms. The lowest BCUT2D eigenvalue weighted by Gasteiger charge is -2.20. The number of nitrogens with one attached hydrogen (secondary N) is 1. The third kappa shape index (κ3) is 5.57. The molecule has 6 nitrogen and oxygen atoms in total. The summed E-state index contributed by atoms with van der Waals surface area (Å²) in [7, 11) is 3.27. The highest BCUT2D eigenvalue weighted by molar-refractivity contribution is 6.01. The van der Waals surface area contributed by atoms with E-state index in [1.54, 1.807) is 38.5 Å². The summed E-state index contributed by atoms with van der Waals surface area (Å²) in [4.78, 5) is 14.6. The zero-order valence-corrected chi connectivity index (χ0v) is 17.3. The molecule has 0 fully saturated rings. The largest absolute Gasteiger partial charge is 0.497 e. The van der Waals surface area contributed by atoms with E-state index in [2.05, 4.69) is 35.3 Å². The molecule has 1 amide bonds. The first-order chi connectivity index (χ1) is 13.5. The van der Waals surface area contributed by atoms with Crippen molar-refractivity contribution < 1.29 is 14.3 Å². The summed E-state index contributed by atoms with van der Waals surface area (Å²) in [6.45, 7) is 8.89. The van der Waals surface area contributed by atoms with Crippen LogP contribution in [0.1, 0.15) is 42.3 Å². The number of methoxy groups -OCH3 is 2. The van der Waals surface area contributed by atoms with Crippen LogP contribution in [0, 0.1) is 0 Å². The highest BCUT2D eigenvalue weighted by Crippen LogP contribution is 2.22. The molecule has 0 atom stereocenters. The molecule has 0 aliphatic carbocycles. The average Bonchev–Trinajstić information content (AvgIpc) is 2.75. The molecule has 6 heteroatoms. The normalized spacial score (nSPS) is 11.4. The molecule has 2 aromatic carbocycles. The van der Waals surface area contributed by atoms with Crippen molar-refractivity contribution in [2.45, 2.75) is 27.3 Å². The second kappa shape index (κ2) is 10.5. The average molecular weight is 383 g/mol. The molecule has 0 saturated carbocycles. The van der Waals surface area contributed by atoms with Crippen LogP contribution in [0.15, 0.2) is 47.6 Å². The maximum Gasteiger partial charge on any atom is 0.271 e. The van der Waals surface area contributed by atoms with Crippen LogP contribution in [0.3, 0.4) is 0 Å². The minimum atomic E-state index is -0.265. The zero-order valence-electron chi connectivity index (χ0n) is 17.3. The molecule has 0 bridgehead atoms. The Hall–Kier alpha value is -2.86. The van der Waals surface area contributed by atoms with Crippen LogP contribution in [0.2, 0.25) is 0 Å². The van der Waals surface area contributed by atoms with Gasteiger partial charge in [-0.1, -0.05) is 13.8 Å². The van der Waals surface area contributed by atoms with Gasteiger partial charge in [-0.05, 0) is 68.0 Å². The van der Waals surface area contributed by atoms with E-state index in [1.165, 1.54) is 0 Å². The standard InChI is InChI=1S/C22H29N3O3/c1-6-25(7-2)15-19-14-18(10-13-21(19)28-5)16(3)23-24-22(26)17-8-11-20(27-4)12-9-17/h8-14H,6-7,15H2,1-5H3,(H,24,26)/b23-16-. The second-order valence-electron chi connectivity index (χ2n) is 6.35. The summed E-state index contributed by atoms with van der Waals surface area (Å²) in [5.74, 6) is 1.29. The molecule has 0 aliphatic heterocycles. The number of benzene rings is 2. The number of carbonyl (C=O) groups is 1. The lowest BCUT2D eigenvalue weighted by atomic mass is 10.1. The van der Waals surface area contributed by atoms with Crippen LogP contribution in [0.5, 0.6) is 11.5 Å². The molecule has 0 saturated heterocycles. The number of hydrazone groups is 1. The fourth-order valence-electron chi connectivity index (χ4n) is 2.82. The summed E-state index contributed by atoms with van der Waals surface area (Å²) < 4.78 is 10.6. The highest BCUT2D eigenvalue weighted by atomic mass is 16.5. The van der Waals surface area contributed by atoms with Crippen molar-refractivity contribution in [2.75, 3.05) is 27.3 Å². The fraction of sp³-hybridized carbons (Fsp3) is 0.364. The Bertz CT molecular complexity index is 812. The van der Waals surface area contributed by atoms with E-state index in [0.717, 1.165) is 42.2 Å². The van der Waals surface area contributed by atoms with E-state index in [1.807, 2.05) is 19.1 Å². The number of hydrogen-bond acceptors (Lipinski definition) is 5. The van der Waals surface area contributed by atoms with E-state index >= 15 is 0 Å². The van der Waals surface area contributed by atoms with Gasteiger partial charge in [-0.25, -0.2) is 5.43 Å². The lowest BCUT2D eigenvalue weighted by molar-refractivity contribution is 0.0955. The molecular formula is C22H29N3O3. The van der Waals surface area contributed by atoms with Gasteiger partial charge in [0, 0.05) is 17.7 Å². The molecule has 1 N–H and O–H groups in total. The maximum atomic E-state index is 12.3. The Morgan fingerprint density at radius 3 is 2.21 bits per heavy atom. The van der Waals surface area contributed by atoms with Gasteiger partial charge in [-0.3, -0.25) is 9.69 Å². The number of nitrogens with zero attached hydrogens (tertiary/aromatic N) is 2. The quantitative estimate of drug-likeness (QED) is 0.530. The van der Waals surface area contributed by atoms with Gasteiger partial charge < -0.3 is 9.47 Å². The van der Waals surface area contributed by atoms with E-state index in [9.17, 15) is 4.79 Å². The predicted octanol–water partition coefficient (Wildman–Crippen LogP) is 3.70. The van der Waals surface area contributed by atoms with Crippen LogP contribution < -0.4 is 14.9 Å². The van der Waals surface area contributed by atoms with Gasteiger partial charge in [0.05, 0.1) is 19.9 Å². The molecule has 28 heavy (non-hydrogen) atoms. The molecule has 2 rings (SSSR count). The smallest absolute Gasteiger partial charge is 0.271 e. The number of ether oxygens (including phenoxy) is 2. The van der Waals surface area contributed by atoms with Gasteiger partial charge in [0.15, 0.2) is 0 Å². The van der Waals surface area contributed by atoms with Crippen molar-refractivity contribution >= 4 is 11.6 Å². The minimum absolute atomic E-state index is 0.265. The number of carbonyl (C=O) groups excluding carboxylic acids is 1. The SMILES string of the molecule is CCN(CC)Cc1cc(/C(C)=N\NC(=O)c2ccc(OC)cc2)ccc1OC. The maximum absolute atomic E-state index is 12.3. The minimum Gasteiger partial charge on any atom is -0.497 e. The van der Waals surface area contributed by atoms with Crippen LogP contribution in [-0.4, -0.2) is 43.8 Å². The first kappa shape index (κ1) is 21.4. The Labute approximate surface area is 167 Å². The van der Waals surface area contributed by atoms with E-state index < -0.39 is 0 Å². The van der Waals surface area contributed by atoms with Crippen molar-refractivity contribution in [2.24, 2.45) is 5.10 Å². The lowest BCUT2D eigenvalue weighted by Crippen LogP contribution is -2.22. The Morgan fingerprint density at radius 1 is 1.00 bits per heavy atom. The van der Waals surface area contributed by atoms with Gasteiger partial charge in [0.25, 0.3) is 5.91 Å². The zero-order chi connectivity index (χ0) is 20.5. The Morgan fingerprint density at radius 2 is 1.64 bits per heavy atom. The third-order valence-corrected chi connectivity index (χ3v) is 4.66. The fourth-order valence-corrected chi connectivity index (χ4v) is 2.82. The van der Waals surface area contributed by atoms with Crippen molar-refractivity contribution in [3.8, 4) is 11.5 Å². The van der Waals surface area contributed by atoms with Crippen LogP contribution in [-0.2, 0) is 6.54 Å². The van der Waals surface area contributed by atoms with Gasteiger partial charge in [-0.15, -0.1) is 0 Å². The van der Waals surface area contributed by atoms with Gasteiger partial charge in [-0.2, -0.15) is 5.10 Å². The topological polar surface area (TPSA) is 63.2 Å². The molecule has 0 aromatic heterocycles. The number of rotatable bonds is 9. The summed E-state index contributed by atoms with van der Waals surface area (Å²) in [5.41, 5.74) is 5.90. The van der Waals surface area contributed by atoms with E-state index in [0.29, 0.717) is 11.3 Å². The molecule has 0 aliphatic rings. The van der Waals surface area contributed by atoms with Crippen molar-refractivity contribution in [1.29, 1.82) is 0 Å². The Kier molecular flexibility index (Phi) is 8.02. The highest BCUT2D eigenvalue weighted by Gasteiger charge is 2.10.